The Kier molecular flexibility index (Phi) is 3.34. The van der Waals surface area contributed by atoms with E-state index in [0.29, 0.717) is 12.1 Å². The molecule has 0 aliphatic carbocycles. The van der Waals surface area contributed by atoms with E-state index in [-0.39, 0.29) is 5.56 Å². The second-order valence-corrected chi connectivity index (χ2v) is 4.38. The average Bonchev–Trinajstić information content (AvgIpc) is 2.78. The van der Waals surface area contributed by atoms with Crippen molar-refractivity contribution in [1.29, 1.82) is 0 Å². The summed E-state index contributed by atoms with van der Waals surface area (Å²) in [4.78, 5) is 0. The molecule has 1 heterocycles. The van der Waals surface area contributed by atoms with E-state index in [0.717, 1.165) is 23.5 Å². The minimum atomic E-state index is -4.85. The summed E-state index contributed by atoms with van der Waals surface area (Å²) in [7, 11) is 0. The summed E-state index contributed by atoms with van der Waals surface area (Å²) in [6, 6.07) is 3.15. The van der Waals surface area contributed by atoms with Crippen LogP contribution in [-0.2, 0) is 12.4 Å². The van der Waals surface area contributed by atoms with Gasteiger partial charge < -0.3 is 0 Å². The van der Waals surface area contributed by atoms with E-state index in [1.807, 2.05) is 0 Å². The van der Waals surface area contributed by atoms with Crippen molar-refractivity contribution in [2.45, 2.75) is 12.4 Å². The predicted octanol–water partition coefficient (Wildman–Crippen LogP) is 5.25. The van der Waals surface area contributed by atoms with Gasteiger partial charge in [-0.1, -0.05) is 6.07 Å². The van der Waals surface area contributed by atoms with Crippen LogP contribution in [0, 0.1) is 5.38 Å². The molecule has 1 aromatic heterocycles. The van der Waals surface area contributed by atoms with Crippen LogP contribution in [0.25, 0.3) is 11.1 Å². The summed E-state index contributed by atoms with van der Waals surface area (Å²) in [6.07, 6.45) is -9.70. The third kappa shape index (κ3) is 2.75. The Morgan fingerprint density at radius 1 is 0.895 bits per heavy atom. The van der Waals surface area contributed by atoms with E-state index in [1.165, 1.54) is 5.38 Å². The Labute approximate surface area is 108 Å². The van der Waals surface area contributed by atoms with Gasteiger partial charge in [-0.05, 0) is 29.1 Å². The van der Waals surface area contributed by atoms with Gasteiger partial charge in [0.2, 0.25) is 0 Å². The number of hydrogen-bond donors (Lipinski definition) is 0. The predicted molar refractivity (Wildman–Crippen MR) is 58.6 cm³/mol. The normalized spacial score (nSPS) is 12.7. The summed E-state index contributed by atoms with van der Waals surface area (Å²) >= 11 is 0.913. The van der Waals surface area contributed by atoms with Crippen LogP contribution in [0.4, 0.5) is 26.3 Å². The van der Waals surface area contributed by atoms with Crippen molar-refractivity contribution in [3.8, 4) is 11.1 Å². The van der Waals surface area contributed by atoms with Gasteiger partial charge >= 0.3 is 12.4 Å². The summed E-state index contributed by atoms with van der Waals surface area (Å²) in [5.41, 5.74) is -3.58. The fourth-order valence-electron chi connectivity index (χ4n) is 1.70. The molecule has 1 radical (unpaired) electrons. The van der Waals surface area contributed by atoms with Gasteiger partial charge in [-0.2, -0.15) is 26.3 Å². The summed E-state index contributed by atoms with van der Waals surface area (Å²) in [5.74, 6) is 0. The van der Waals surface area contributed by atoms with Gasteiger partial charge in [-0.25, -0.2) is 0 Å². The molecule has 0 spiro atoms. The second-order valence-electron chi connectivity index (χ2n) is 3.68. The first-order valence-electron chi connectivity index (χ1n) is 4.93. The highest BCUT2D eigenvalue weighted by Crippen LogP contribution is 2.44. The van der Waals surface area contributed by atoms with Gasteiger partial charge in [-0.15, -0.1) is 11.3 Å². The average molecular weight is 295 g/mol. The van der Waals surface area contributed by atoms with E-state index in [4.69, 9.17) is 0 Å². The quantitative estimate of drug-likeness (QED) is 0.630. The van der Waals surface area contributed by atoms with Crippen molar-refractivity contribution in [3.05, 3.63) is 46.2 Å². The standard InChI is InChI=1S/C12H5F6S/c13-11(14,15)8-2-1-3-9(12(16,17)18)10(8)7-4-5-19-6-7/h1-4,6H. The molecule has 101 valence electrons. The molecule has 0 saturated carbocycles. The number of alkyl halides is 6. The Morgan fingerprint density at radius 2 is 1.42 bits per heavy atom. The minimum Gasteiger partial charge on any atom is -0.166 e. The minimum absolute atomic E-state index is 0.134. The molecule has 0 unspecified atom stereocenters. The topological polar surface area (TPSA) is 0 Å². The first-order valence-corrected chi connectivity index (χ1v) is 5.81. The molecule has 0 amide bonds. The lowest BCUT2D eigenvalue weighted by atomic mass is 9.95. The van der Waals surface area contributed by atoms with Crippen molar-refractivity contribution in [2.24, 2.45) is 0 Å². The molecule has 19 heavy (non-hydrogen) atoms. The lowest BCUT2D eigenvalue weighted by Crippen LogP contribution is -2.13. The van der Waals surface area contributed by atoms with Gasteiger partial charge in [0.1, 0.15) is 0 Å². The molecule has 0 aliphatic rings. The molecule has 0 aliphatic heterocycles. The van der Waals surface area contributed by atoms with Crippen LogP contribution in [0.2, 0.25) is 0 Å². The van der Waals surface area contributed by atoms with E-state index < -0.39 is 29.0 Å². The molecule has 0 saturated heterocycles. The maximum absolute atomic E-state index is 12.8. The highest BCUT2D eigenvalue weighted by atomic mass is 32.1. The molecule has 2 rings (SSSR count). The zero-order valence-electron chi connectivity index (χ0n) is 9.06. The van der Waals surface area contributed by atoms with E-state index in [1.54, 1.807) is 0 Å². The second kappa shape index (κ2) is 4.56. The molecule has 0 bridgehead atoms. The molecular formula is C12H5F6S. The fourth-order valence-corrected chi connectivity index (χ4v) is 2.27. The highest BCUT2D eigenvalue weighted by molar-refractivity contribution is 7.07. The fraction of sp³-hybridized carbons (Fsp3) is 0.167. The van der Waals surface area contributed by atoms with Gasteiger partial charge in [0.15, 0.2) is 0 Å². The first-order chi connectivity index (χ1) is 8.71. The number of rotatable bonds is 1. The zero-order valence-corrected chi connectivity index (χ0v) is 9.88. The number of hydrogen-bond acceptors (Lipinski definition) is 1. The third-order valence-corrected chi connectivity index (χ3v) is 3.06. The molecule has 2 aromatic rings. The van der Waals surface area contributed by atoms with Crippen LogP contribution in [0.5, 0.6) is 0 Å². The van der Waals surface area contributed by atoms with Crippen LogP contribution in [-0.4, -0.2) is 0 Å². The Morgan fingerprint density at radius 3 is 1.79 bits per heavy atom. The SMILES string of the molecule is FC(F)(F)c1cccc(C(F)(F)F)c1-c1c[c]sc1. The Balaban J connectivity index is 2.78. The summed E-state index contributed by atoms with van der Waals surface area (Å²) < 4.78 is 77.0. The van der Waals surface area contributed by atoms with Gasteiger partial charge in [0, 0.05) is 10.9 Å². The maximum Gasteiger partial charge on any atom is 0.417 e. The van der Waals surface area contributed by atoms with E-state index in [9.17, 15) is 26.3 Å². The molecular weight excluding hydrogens is 290 g/mol. The van der Waals surface area contributed by atoms with Crippen LogP contribution in [0.1, 0.15) is 11.1 Å². The largest absolute Gasteiger partial charge is 0.417 e. The molecule has 0 nitrogen and oxygen atoms in total. The van der Waals surface area contributed by atoms with Crippen LogP contribution < -0.4 is 0 Å². The molecule has 1 aromatic carbocycles. The third-order valence-electron chi connectivity index (χ3n) is 2.43. The Hall–Kier alpha value is -1.50. The number of halogens is 6. The van der Waals surface area contributed by atoms with Crippen molar-refractivity contribution in [1.82, 2.24) is 0 Å². The van der Waals surface area contributed by atoms with Crippen LogP contribution >= 0.6 is 11.3 Å². The van der Waals surface area contributed by atoms with Crippen LogP contribution in [0.3, 0.4) is 0 Å². The van der Waals surface area contributed by atoms with Crippen LogP contribution in [0.15, 0.2) is 29.6 Å². The lowest BCUT2D eigenvalue weighted by molar-refractivity contribution is -0.142. The highest BCUT2D eigenvalue weighted by Gasteiger charge is 2.40. The van der Waals surface area contributed by atoms with E-state index in [2.05, 4.69) is 5.38 Å². The molecule has 0 atom stereocenters. The molecule has 0 fully saturated rings. The van der Waals surface area contributed by atoms with Gasteiger partial charge in [-0.3, -0.25) is 0 Å². The molecule has 0 N–H and O–H groups in total. The lowest BCUT2D eigenvalue weighted by Gasteiger charge is -2.17. The Bertz CT molecular complexity index is 533. The van der Waals surface area contributed by atoms with E-state index >= 15 is 0 Å². The maximum atomic E-state index is 12.8. The van der Waals surface area contributed by atoms with Crippen molar-refractivity contribution in [3.63, 3.8) is 0 Å². The zero-order chi connectivity index (χ0) is 14.3. The van der Waals surface area contributed by atoms with Crippen molar-refractivity contribution >= 4 is 11.3 Å². The summed E-state index contributed by atoms with van der Waals surface area (Å²) in [6.45, 7) is 0. The number of benzene rings is 1. The van der Waals surface area contributed by atoms with Gasteiger partial charge in [0.25, 0.3) is 0 Å². The van der Waals surface area contributed by atoms with Gasteiger partial charge in [0.05, 0.1) is 11.1 Å². The molecule has 7 heteroatoms. The summed E-state index contributed by atoms with van der Waals surface area (Å²) in [5, 5.41) is 3.70. The van der Waals surface area contributed by atoms with Crippen molar-refractivity contribution in [2.75, 3.05) is 0 Å². The monoisotopic (exact) mass is 295 g/mol. The van der Waals surface area contributed by atoms with Crippen molar-refractivity contribution < 1.29 is 26.3 Å². The smallest absolute Gasteiger partial charge is 0.166 e. The first kappa shape index (κ1) is 13.9. The number of thiophene rings is 1.